The number of aromatic nitrogens is 2. The lowest BCUT2D eigenvalue weighted by Crippen LogP contribution is -2.26. The van der Waals surface area contributed by atoms with Crippen LogP contribution in [0.4, 0.5) is 0 Å². The number of rotatable bonds is 2. The van der Waals surface area contributed by atoms with Crippen molar-refractivity contribution in [3.63, 3.8) is 0 Å². The summed E-state index contributed by atoms with van der Waals surface area (Å²) in [7, 11) is 2.72. The Morgan fingerprint density at radius 2 is 2.25 bits per heavy atom. The van der Waals surface area contributed by atoms with Gasteiger partial charge in [0.15, 0.2) is 0 Å². The van der Waals surface area contributed by atoms with Crippen molar-refractivity contribution in [3.05, 3.63) is 21.4 Å². The van der Waals surface area contributed by atoms with Crippen LogP contribution in [0.3, 0.4) is 0 Å². The SMILES string of the molecule is COc1nn(OC)c(=O)cc1Cl. The highest BCUT2D eigenvalue weighted by Gasteiger charge is 2.06. The molecule has 0 aliphatic heterocycles. The molecule has 6 heteroatoms. The van der Waals surface area contributed by atoms with Crippen LogP contribution in [0.25, 0.3) is 0 Å². The molecule has 0 atom stereocenters. The number of methoxy groups -OCH3 is 1. The molecule has 66 valence electrons. The first-order valence-corrected chi connectivity index (χ1v) is 3.45. The van der Waals surface area contributed by atoms with E-state index in [4.69, 9.17) is 16.3 Å². The van der Waals surface area contributed by atoms with Gasteiger partial charge in [-0.15, -0.1) is 0 Å². The summed E-state index contributed by atoms with van der Waals surface area (Å²) in [5.41, 5.74) is -0.441. The van der Waals surface area contributed by atoms with Gasteiger partial charge in [0.25, 0.3) is 5.88 Å². The Balaban J connectivity index is 3.27. The predicted octanol–water partition coefficient (Wildman–Crippen LogP) is -0.0363. The standard InChI is InChI=1S/C6H7ClN2O3/c1-11-6-4(7)3-5(10)9(8-6)12-2/h3H,1-2H3. The van der Waals surface area contributed by atoms with Crippen molar-refractivity contribution >= 4 is 11.6 Å². The van der Waals surface area contributed by atoms with Gasteiger partial charge >= 0.3 is 5.56 Å². The van der Waals surface area contributed by atoms with Crippen LogP contribution in [-0.2, 0) is 0 Å². The molecule has 0 aliphatic rings. The van der Waals surface area contributed by atoms with Gasteiger partial charge in [0.2, 0.25) is 0 Å². The van der Waals surface area contributed by atoms with Gasteiger partial charge in [-0.3, -0.25) is 4.79 Å². The van der Waals surface area contributed by atoms with Crippen molar-refractivity contribution < 1.29 is 9.57 Å². The fraction of sp³-hybridized carbons (Fsp3) is 0.333. The van der Waals surface area contributed by atoms with Crippen LogP contribution in [0.5, 0.6) is 5.88 Å². The zero-order valence-corrected chi connectivity index (χ0v) is 7.33. The molecule has 1 aromatic heterocycles. The Labute approximate surface area is 73.4 Å². The molecular weight excluding hydrogens is 184 g/mol. The zero-order chi connectivity index (χ0) is 9.14. The monoisotopic (exact) mass is 190 g/mol. The summed E-state index contributed by atoms with van der Waals surface area (Å²) in [6.45, 7) is 0. The third-order valence-corrected chi connectivity index (χ3v) is 1.46. The summed E-state index contributed by atoms with van der Waals surface area (Å²) in [6, 6.07) is 1.16. The second kappa shape index (κ2) is 3.44. The van der Waals surface area contributed by atoms with Crippen LogP contribution in [-0.4, -0.2) is 24.2 Å². The molecule has 1 aromatic rings. The number of nitrogens with zero attached hydrogens (tertiary/aromatic N) is 2. The number of hydrogen-bond acceptors (Lipinski definition) is 4. The van der Waals surface area contributed by atoms with Gasteiger partial charge in [0, 0.05) is 6.07 Å². The van der Waals surface area contributed by atoms with Crippen molar-refractivity contribution in [1.82, 2.24) is 9.94 Å². The van der Waals surface area contributed by atoms with E-state index < -0.39 is 5.56 Å². The molecule has 1 rings (SSSR count). The van der Waals surface area contributed by atoms with Crippen LogP contribution in [0.15, 0.2) is 10.9 Å². The summed E-state index contributed by atoms with van der Waals surface area (Å²) in [5, 5.41) is 3.80. The van der Waals surface area contributed by atoms with E-state index in [0.29, 0.717) is 0 Å². The van der Waals surface area contributed by atoms with Gasteiger partial charge in [-0.1, -0.05) is 21.5 Å². The fourth-order valence-corrected chi connectivity index (χ4v) is 0.882. The molecule has 0 aliphatic carbocycles. The molecule has 0 unspecified atom stereocenters. The summed E-state index contributed by atoms with van der Waals surface area (Å²) in [4.78, 5) is 16.4. The van der Waals surface area contributed by atoms with E-state index in [0.717, 1.165) is 10.9 Å². The Morgan fingerprint density at radius 3 is 2.75 bits per heavy atom. The van der Waals surface area contributed by atoms with E-state index in [-0.39, 0.29) is 10.9 Å². The van der Waals surface area contributed by atoms with Crippen LogP contribution in [0.1, 0.15) is 0 Å². The van der Waals surface area contributed by atoms with Crippen molar-refractivity contribution in [2.75, 3.05) is 14.2 Å². The lowest BCUT2D eigenvalue weighted by atomic mass is 10.5. The number of halogens is 1. The van der Waals surface area contributed by atoms with E-state index in [1.165, 1.54) is 14.2 Å². The first-order chi connectivity index (χ1) is 5.69. The van der Waals surface area contributed by atoms with Crippen molar-refractivity contribution in [3.8, 4) is 5.88 Å². The highest BCUT2D eigenvalue weighted by atomic mass is 35.5. The van der Waals surface area contributed by atoms with E-state index in [2.05, 4.69) is 9.94 Å². The Morgan fingerprint density at radius 1 is 1.58 bits per heavy atom. The highest BCUT2D eigenvalue weighted by molar-refractivity contribution is 6.31. The van der Waals surface area contributed by atoms with Gasteiger partial charge < -0.3 is 9.57 Å². The summed E-state index contributed by atoms with van der Waals surface area (Å²) in [5.74, 6) is 0.151. The van der Waals surface area contributed by atoms with Gasteiger partial charge in [-0.05, 0) is 0 Å². The molecule has 0 spiro atoms. The lowest BCUT2D eigenvalue weighted by molar-refractivity contribution is 0.115. The molecule has 0 bridgehead atoms. The Hall–Kier alpha value is -1.23. The summed E-state index contributed by atoms with van der Waals surface area (Å²) in [6.07, 6.45) is 0. The van der Waals surface area contributed by atoms with Crippen molar-refractivity contribution in [2.24, 2.45) is 0 Å². The number of hydrogen-bond donors (Lipinski definition) is 0. The molecular formula is C6H7ClN2O3. The minimum Gasteiger partial charge on any atom is -0.479 e. The zero-order valence-electron chi connectivity index (χ0n) is 6.57. The van der Waals surface area contributed by atoms with Gasteiger partial charge in [0.1, 0.15) is 12.1 Å². The minimum absolute atomic E-state index is 0.151. The maximum atomic E-state index is 11.0. The minimum atomic E-state index is -0.441. The van der Waals surface area contributed by atoms with Crippen molar-refractivity contribution in [2.45, 2.75) is 0 Å². The van der Waals surface area contributed by atoms with Crippen LogP contribution < -0.4 is 15.1 Å². The Kier molecular flexibility index (Phi) is 2.54. The van der Waals surface area contributed by atoms with E-state index in [1.807, 2.05) is 0 Å². The predicted molar refractivity (Wildman–Crippen MR) is 42.6 cm³/mol. The van der Waals surface area contributed by atoms with Gasteiger partial charge in [-0.25, -0.2) is 0 Å². The van der Waals surface area contributed by atoms with Crippen LogP contribution in [0.2, 0.25) is 5.02 Å². The maximum Gasteiger partial charge on any atom is 0.304 e. The van der Waals surface area contributed by atoms with Crippen molar-refractivity contribution in [1.29, 1.82) is 0 Å². The topological polar surface area (TPSA) is 53.4 Å². The third-order valence-electron chi connectivity index (χ3n) is 1.19. The normalized spacial score (nSPS) is 9.58. The number of ether oxygens (including phenoxy) is 1. The largest absolute Gasteiger partial charge is 0.479 e. The summed E-state index contributed by atoms with van der Waals surface area (Å²) >= 11 is 5.60. The molecule has 5 nitrogen and oxygen atoms in total. The highest BCUT2D eigenvalue weighted by Crippen LogP contribution is 2.16. The van der Waals surface area contributed by atoms with Crippen LogP contribution in [0, 0.1) is 0 Å². The molecule has 0 N–H and O–H groups in total. The third kappa shape index (κ3) is 1.50. The molecule has 0 aromatic carbocycles. The molecule has 0 radical (unpaired) electrons. The lowest BCUT2D eigenvalue weighted by Gasteiger charge is -2.04. The van der Waals surface area contributed by atoms with Gasteiger partial charge in [0.05, 0.1) is 7.11 Å². The Bertz CT molecular complexity index is 336. The smallest absolute Gasteiger partial charge is 0.304 e. The fourth-order valence-electron chi connectivity index (χ4n) is 0.674. The molecule has 12 heavy (non-hydrogen) atoms. The molecule has 1 heterocycles. The molecule has 0 saturated carbocycles. The average molecular weight is 191 g/mol. The molecule has 0 saturated heterocycles. The second-order valence-corrected chi connectivity index (χ2v) is 2.30. The summed E-state index contributed by atoms with van der Waals surface area (Å²) < 4.78 is 4.76. The first kappa shape index (κ1) is 8.86. The molecule has 0 fully saturated rings. The second-order valence-electron chi connectivity index (χ2n) is 1.90. The quantitative estimate of drug-likeness (QED) is 0.657. The first-order valence-electron chi connectivity index (χ1n) is 3.07. The van der Waals surface area contributed by atoms with E-state index in [1.54, 1.807) is 0 Å². The maximum absolute atomic E-state index is 11.0. The average Bonchev–Trinajstić information content (AvgIpc) is 2.05. The van der Waals surface area contributed by atoms with Crippen LogP contribution >= 0.6 is 11.6 Å². The van der Waals surface area contributed by atoms with E-state index >= 15 is 0 Å². The van der Waals surface area contributed by atoms with E-state index in [9.17, 15) is 4.79 Å². The van der Waals surface area contributed by atoms with Gasteiger partial charge in [-0.2, -0.15) is 0 Å². The molecule has 0 amide bonds.